The van der Waals surface area contributed by atoms with Gasteiger partial charge in [-0.1, -0.05) is 13.8 Å². The highest BCUT2D eigenvalue weighted by Crippen LogP contribution is 2.25. The molecule has 10 nitrogen and oxygen atoms in total. The van der Waals surface area contributed by atoms with Crippen molar-refractivity contribution in [3.05, 3.63) is 24.5 Å². The van der Waals surface area contributed by atoms with E-state index < -0.39 is 6.04 Å². The van der Waals surface area contributed by atoms with E-state index in [9.17, 15) is 9.59 Å². The van der Waals surface area contributed by atoms with Crippen LogP contribution < -0.4 is 21.1 Å². The second-order valence-corrected chi connectivity index (χ2v) is 5.68. The fraction of sp³-hybridized carbons (Fsp3) is 0.400. The molecule has 1 aromatic heterocycles. The van der Waals surface area contributed by atoms with Crippen LogP contribution in [0.3, 0.4) is 0 Å². The third-order valence-corrected chi connectivity index (χ3v) is 3.50. The summed E-state index contributed by atoms with van der Waals surface area (Å²) >= 11 is 0. The molecule has 142 valence electrons. The third kappa shape index (κ3) is 5.39. The van der Waals surface area contributed by atoms with Gasteiger partial charge in [0.25, 0.3) is 0 Å². The maximum Gasteiger partial charge on any atom is 0.243 e. The smallest absolute Gasteiger partial charge is 0.243 e. The maximum atomic E-state index is 12.0. The lowest BCUT2D eigenvalue weighted by molar-refractivity contribution is -0.125. The van der Waals surface area contributed by atoms with Gasteiger partial charge in [-0.2, -0.15) is 4.68 Å². The first-order chi connectivity index (χ1) is 11.9. The Morgan fingerprint density at radius 3 is 2.65 bits per heavy atom. The Bertz CT molecular complexity index is 737. The topological polar surface area (TPSA) is 137 Å². The summed E-state index contributed by atoms with van der Waals surface area (Å²) in [5.41, 5.74) is 6.80. The predicted octanol–water partition coefficient (Wildman–Crippen LogP) is 0.131. The molecule has 26 heavy (non-hydrogen) atoms. The lowest BCUT2D eigenvalue weighted by Crippen LogP contribution is -2.46. The Morgan fingerprint density at radius 1 is 1.35 bits per heavy atom. The number of carbonyl (C=O) groups is 2. The molecule has 0 aliphatic heterocycles. The van der Waals surface area contributed by atoms with Gasteiger partial charge in [0.1, 0.15) is 17.8 Å². The molecule has 0 saturated heterocycles. The Hall–Kier alpha value is -2.72. The van der Waals surface area contributed by atoms with Crippen LogP contribution in [-0.2, 0) is 9.59 Å². The molecule has 0 aliphatic carbocycles. The van der Waals surface area contributed by atoms with Crippen LogP contribution in [0.15, 0.2) is 24.5 Å². The zero-order valence-electron chi connectivity index (χ0n) is 14.7. The summed E-state index contributed by atoms with van der Waals surface area (Å²) in [5, 5.41) is 16.1. The Morgan fingerprint density at radius 2 is 2.08 bits per heavy atom. The van der Waals surface area contributed by atoms with E-state index in [-0.39, 0.29) is 36.7 Å². The van der Waals surface area contributed by atoms with E-state index in [1.807, 2.05) is 13.8 Å². The number of nitrogens with two attached hydrogens (primary N) is 1. The molecule has 0 unspecified atom stereocenters. The number of nitrogens with zero attached hydrogens (tertiary/aromatic N) is 4. The van der Waals surface area contributed by atoms with E-state index in [2.05, 4.69) is 26.2 Å². The second kappa shape index (κ2) is 9.68. The van der Waals surface area contributed by atoms with Gasteiger partial charge in [-0.25, -0.2) is 0 Å². The molecule has 2 amide bonds. The highest BCUT2D eigenvalue weighted by molar-refractivity contribution is 5.95. The number of methoxy groups -OCH3 is 1. The molecule has 0 fully saturated rings. The molecular weight excluding hydrogens is 362 g/mol. The number of amides is 2. The van der Waals surface area contributed by atoms with Crippen LogP contribution in [0.4, 0.5) is 5.69 Å². The van der Waals surface area contributed by atoms with Crippen LogP contribution in [0, 0.1) is 5.92 Å². The highest BCUT2D eigenvalue weighted by atomic mass is 35.5. The Labute approximate surface area is 156 Å². The number of benzene rings is 1. The number of aromatic nitrogens is 4. The van der Waals surface area contributed by atoms with Gasteiger partial charge in [-0.3, -0.25) is 9.59 Å². The summed E-state index contributed by atoms with van der Waals surface area (Å²) < 4.78 is 6.67. The van der Waals surface area contributed by atoms with Crippen molar-refractivity contribution >= 4 is 29.9 Å². The van der Waals surface area contributed by atoms with Crippen LogP contribution in [-0.4, -0.2) is 51.7 Å². The quantitative estimate of drug-likeness (QED) is 0.617. The number of hydrogen-bond acceptors (Lipinski definition) is 7. The van der Waals surface area contributed by atoms with Gasteiger partial charge in [0.15, 0.2) is 0 Å². The van der Waals surface area contributed by atoms with Gasteiger partial charge in [-0.05, 0) is 34.5 Å². The normalized spacial score (nSPS) is 11.4. The number of anilines is 1. The molecule has 0 radical (unpaired) electrons. The zero-order valence-corrected chi connectivity index (χ0v) is 15.5. The van der Waals surface area contributed by atoms with E-state index in [0.29, 0.717) is 17.1 Å². The maximum absolute atomic E-state index is 12.0. The number of halogens is 1. The average Bonchev–Trinajstić information content (AvgIpc) is 3.13. The van der Waals surface area contributed by atoms with Crippen LogP contribution >= 0.6 is 12.4 Å². The van der Waals surface area contributed by atoms with Gasteiger partial charge in [0.2, 0.25) is 11.8 Å². The zero-order chi connectivity index (χ0) is 18.4. The molecule has 0 bridgehead atoms. The van der Waals surface area contributed by atoms with Gasteiger partial charge in [0, 0.05) is 5.69 Å². The first-order valence-corrected chi connectivity index (χ1v) is 7.67. The molecule has 1 aromatic carbocycles. The highest BCUT2D eigenvalue weighted by Gasteiger charge is 2.17. The van der Waals surface area contributed by atoms with Crippen molar-refractivity contribution in [2.75, 3.05) is 19.0 Å². The number of carbonyl (C=O) groups excluding carboxylic acids is 2. The lowest BCUT2D eigenvalue weighted by atomic mass is 10.1. The molecule has 4 N–H and O–H groups in total. The van der Waals surface area contributed by atoms with Crippen molar-refractivity contribution in [2.24, 2.45) is 11.7 Å². The molecule has 11 heteroatoms. The number of rotatable bonds is 7. The van der Waals surface area contributed by atoms with Crippen LogP contribution in [0.25, 0.3) is 5.69 Å². The Kier molecular flexibility index (Phi) is 7.94. The summed E-state index contributed by atoms with van der Waals surface area (Å²) in [6.07, 6.45) is 1.41. The minimum atomic E-state index is -0.653. The molecule has 1 atom stereocenters. The fourth-order valence-electron chi connectivity index (χ4n) is 2.01. The van der Waals surface area contributed by atoms with Gasteiger partial charge in [0.05, 0.1) is 19.7 Å². The van der Waals surface area contributed by atoms with Crippen molar-refractivity contribution in [3.8, 4) is 11.4 Å². The number of nitrogens with one attached hydrogen (secondary N) is 2. The molecular formula is C15H22ClN7O3. The van der Waals surface area contributed by atoms with Crippen LogP contribution in [0.5, 0.6) is 5.75 Å². The minimum absolute atomic E-state index is 0. The molecule has 1 heterocycles. The van der Waals surface area contributed by atoms with Crippen molar-refractivity contribution in [3.63, 3.8) is 0 Å². The first kappa shape index (κ1) is 21.3. The van der Waals surface area contributed by atoms with Crippen molar-refractivity contribution in [2.45, 2.75) is 19.9 Å². The van der Waals surface area contributed by atoms with Crippen molar-refractivity contribution < 1.29 is 14.3 Å². The van der Waals surface area contributed by atoms with E-state index in [0.717, 1.165) is 0 Å². The SMILES string of the molecule is COc1ccc(NC(=O)CNC(=O)[C@@H](N)C(C)C)cc1-n1cnnn1.Cl. The molecule has 0 aliphatic rings. The van der Waals surface area contributed by atoms with Gasteiger partial charge >= 0.3 is 0 Å². The monoisotopic (exact) mass is 383 g/mol. The van der Waals surface area contributed by atoms with Crippen LogP contribution in [0.1, 0.15) is 13.8 Å². The largest absolute Gasteiger partial charge is 0.494 e. The van der Waals surface area contributed by atoms with E-state index in [1.165, 1.54) is 18.1 Å². The molecule has 2 rings (SSSR count). The molecule has 0 spiro atoms. The summed E-state index contributed by atoms with van der Waals surface area (Å²) in [4.78, 5) is 23.8. The van der Waals surface area contributed by atoms with Gasteiger partial charge < -0.3 is 21.1 Å². The summed E-state index contributed by atoms with van der Waals surface area (Å²) in [6.45, 7) is 3.50. The van der Waals surface area contributed by atoms with Crippen molar-refractivity contribution in [1.29, 1.82) is 0 Å². The predicted molar refractivity (Wildman–Crippen MR) is 97.4 cm³/mol. The van der Waals surface area contributed by atoms with E-state index in [4.69, 9.17) is 10.5 Å². The van der Waals surface area contributed by atoms with E-state index in [1.54, 1.807) is 18.2 Å². The lowest BCUT2D eigenvalue weighted by Gasteiger charge is -2.15. The molecule has 0 saturated carbocycles. The third-order valence-electron chi connectivity index (χ3n) is 3.50. The molecule has 2 aromatic rings. The standard InChI is InChI=1S/C15H21N7O3.ClH/c1-9(2)14(16)15(24)17-7-13(23)19-10-4-5-12(25-3)11(6-10)22-8-18-20-21-22;/h4-6,8-9,14H,7,16H2,1-3H3,(H,17,24)(H,19,23);1H/t14-;/m0./s1. The van der Waals surface area contributed by atoms with Gasteiger partial charge in [-0.15, -0.1) is 17.5 Å². The first-order valence-electron chi connectivity index (χ1n) is 7.67. The number of tetrazole rings is 1. The van der Waals surface area contributed by atoms with E-state index >= 15 is 0 Å². The fourth-order valence-corrected chi connectivity index (χ4v) is 2.01. The Balaban J connectivity index is 0.00000338. The minimum Gasteiger partial charge on any atom is -0.494 e. The average molecular weight is 384 g/mol. The second-order valence-electron chi connectivity index (χ2n) is 5.68. The number of hydrogen-bond donors (Lipinski definition) is 3. The summed E-state index contributed by atoms with van der Waals surface area (Å²) in [5.74, 6) is -0.212. The summed E-state index contributed by atoms with van der Waals surface area (Å²) in [6, 6.07) is 4.36. The number of ether oxygens (including phenoxy) is 1. The summed E-state index contributed by atoms with van der Waals surface area (Å²) in [7, 11) is 1.52. The van der Waals surface area contributed by atoms with Crippen molar-refractivity contribution in [1.82, 2.24) is 25.5 Å². The van der Waals surface area contributed by atoms with Crippen LogP contribution in [0.2, 0.25) is 0 Å².